The molecular formula is C38H76O2S2Sn2. The molecule has 0 radical (unpaired) electrons. The fourth-order valence-electron chi connectivity index (χ4n) is 7.32. The van der Waals surface area contributed by atoms with E-state index in [-0.39, 0.29) is 0 Å². The topological polar surface area (TPSA) is 34.1 Å². The van der Waals surface area contributed by atoms with E-state index < -0.39 is 46.6 Å². The summed E-state index contributed by atoms with van der Waals surface area (Å²) in [5, 5.41) is 0. The summed E-state index contributed by atoms with van der Waals surface area (Å²) in [6, 6.07) is 2.42. The summed E-state index contributed by atoms with van der Waals surface area (Å²) in [6.07, 6.45) is 25.1. The van der Waals surface area contributed by atoms with Gasteiger partial charge < -0.3 is 0 Å². The van der Waals surface area contributed by atoms with Crippen LogP contribution in [0.3, 0.4) is 0 Å². The van der Waals surface area contributed by atoms with E-state index in [1.807, 2.05) is 0 Å². The molecule has 0 aliphatic heterocycles. The number of sulfone groups is 1. The van der Waals surface area contributed by atoms with Crippen molar-refractivity contribution < 1.29 is 8.42 Å². The Morgan fingerprint density at radius 3 is 1.20 bits per heavy atom. The zero-order valence-corrected chi connectivity index (χ0v) is 38.1. The van der Waals surface area contributed by atoms with Crippen molar-refractivity contribution in [3.8, 4) is 0 Å². The minimum atomic E-state index is -3.25. The van der Waals surface area contributed by atoms with E-state index in [2.05, 4.69) is 65.9 Å². The van der Waals surface area contributed by atoms with Gasteiger partial charge in [-0.3, -0.25) is 0 Å². The van der Waals surface area contributed by atoms with Gasteiger partial charge in [0.25, 0.3) is 0 Å². The van der Waals surface area contributed by atoms with Gasteiger partial charge in [-0.25, -0.2) is 0 Å². The van der Waals surface area contributed by atoms with E-state index in [1.165, 1.54) is 145 Å². The molecule has 260 valence electrons. The van der Waals surface area contributed by atoms with Gasteiger partial charge in [0.1, 0.15) is 0 Å². The molecule has 2 nitrogen and oxygen atoms in total. The summed E-state index contributed by atoms with van der Waals surface area (Å²) in [5.41, 5.74) is 0. The van der Waals surface area contributed by atoms with E-state index in [0.29, 0.717) is 5.75 Å². The van der Waals surface area contributed by atoms with Crippen molar-refractivity contribution in [3.63, 3.8) is 0 Å². The Morgan fingerprint density at radius 1 is 0.477 bits per heavy atom. The summed E-state index contributed by atoms with van der Waals surface area (Å²) in [5.74, 6) is 0.379. The van der Waals surface area contributed by atoms with Crippen LogP contribution in [-0.2, 0) is 9.84 Å². The van der Waals surface area contributed by atoms with Gasteiger partial charge >= 0.3 is 285 Å². The van der Waals surface area contributed by atoms with Crippen LogP contribution >= 0.6 is 11.3 Å². The second kappa shape index (κ2) is 25.3. The van der Waals surface area contributed by atoms with Gasteiger partial charge in [-0.2, -0.15) is 0 Å². The van der Waals surface area contributed by atoms with Crippen LogP contribution in [-0.4, -0.2) is 50.9 Å². The van der Waals surface area contributed by atoms with Crippen LogP contribution in [0.15, 0.2) is 11.0 Å². The standard InChI is InChI=1S/C14H22O2S2.6C4H9.2Sn/c1-2-3-4-5-6-7-8-9-12-18(15,16)14-10-11-17-13-14;6*1-3-4-2;;/h10H,2-9,12H2,1H3;6*1,3-4H2,2H3;;. The zero-order chi connectivity index (χ0) is 32.7. The Bertz CT molecular complexity index is 897. The van der Waals surface area contributed by atoms with E-state index in [0.717, 1.165) is 17.7 Å². The first kappa shape index (κ1) is 43.3. The first-order valence-corrected chi connectivity index (χ1v) is 37.1. The van der Waals surface area contributed by atoms with Crippen LogP contribution < -0.4 is 5.79 Å². The Kier molecular flexibility index (Phi) is 24.8. The number of unbranched alkanes of at least 4 members (excludes halogenated alkanes) is 13. The maximum atomic E-state index is 14.5. The molecule has 1 heterocycles. The molecule has 0 spiro atoms. The van der Waals surface area contributed by atoms with Crippen molar-refractivity contribution in [2.75, 3.05) is 5.75 Å². The van der Waals surface area contributed by atoms with Crippen LogP contribution in [0.4, 0.5) is 0 Å². The molecule has 1 aromatic rings. The Hall–Kier alpha value is 1.25. The summed E-state index contributed by atoms with van der Waals surface area (Å²) in [6.45, 7) is 16.4. The first-order chi connectivity index (χ1) is 21.3. The molecule has 0 unspecified atom stereocenters. The number of hydrogen-bond acceptors (Lipinski definition) is 3. The molecule has 0 saturated heterocycles. The number of hydrogen-bond donors (Lipinski definition) is 0. The SMILES string of the molecule is CCCCCCCCCCS(=O)(=O)c1c[c]([Sn]([CH2]CCC)([CH2]CCC)[CH2]CCC)s[c]1[Sn]([CH2]CCC)([CH2]CCC)[CH2]CCC. The molecule has 0 aliphatic rings. The molecule has 0 atom stereocenters. The molecule has 0 bridgehead atoms. The average Bonchev–Trinajstić information content (AvgIpc) is 3.50. The van der Waals surface area contributed by atoms with Crippen LogP contribution in [0.2, 0.25) is 26.6 Å². The predicted octanol–water partition coefficient (Wildman–Crippen LogP) is 12.8. The van der Waals surface area contributed by atoms with Crippen LogP contribution in [0, 0.1) is 0 Å². The van der Waals surface area contributed by atoms with E-state index in [1.54, 1.807) is 2.89 Å². The summed E-state index contributed by atoms with van der Waals surface area (Å²) in [4.78, 5) is 0.908. The van der Waals surface area contributed by atoms with Crippen molar-refractivity contribution >= 4 is 63.7 Å². The molecule has 6 heteroatoms. The van der Waals surface area contributed by atoms with Gasteiger partial charge in [-0.05, 0) is 0 Å². The molecule has 1 rings (SSSR count). The fourth-order valence-corrected chi connectivity index (χ4v) is 54.4. The van der Waals surface area contributed by atoms with Gasteiger partial charge in [0.15, 0.2) is 0 Å². The van der Waals surface area contributed by atoms with Gasteiger partial charge in [0, 0.05) is 0 Å². The summed E-state index contributed by atoms with van der Waals surface area (Å²) < 4.78 is 40.7. The first-order valence-electron chi connectivity index (χ1n) is 19.6. The molecule has 44 heavy (non-hydrogen) atoms. The third-order valence-corrected chi connectivity index (χ3v) is 50.5. The van der Waals surface area contributed by atoms with Gasteiger partial charge in [0.2, 0.25) is 0 Å². The summed E-state index contributed by atoms with van der Waals surface area (Å²) >= 11 is -3.54. The second-order valence-electron chi connectivity index (χ2n) is 14.3. The van der Waals surface area contributed by atoms with Gasteiger partial charge in [0.05, 0.1) is 0 Å². The Labute approximate surface area is 289 Å². The normalized spacial score (nSPS) is 12.8. The fraction of sp³-hybridized carbons (Fsp3) is 0.895. The average molecular weight is 867 g/mol. The van der Waals surface area contributed by atoms with E-state index in [4.69, 9.17) is 0 Å². The van der Waals surface area contributed by atoms with E-state index in [9.17, 15) is 8.42 Å². The van der Waals surface area contributed by atoms with Gasteiger partial charge in [-0.15, -0.1) is 0 Å². The van der Waals surface area contributed by atoms with Crippen molar-refractivity contribution in [2.45, 2.75) is 208 Å². The monoisotopic (exact) mass is 868 g/mol. The molecule has 0 saturated carbocycles. The van der Waals surface area contributed by atoms with Crippen LogP contribution in [0.25, 0.3) is 0 Å². The summed E-state index contributed by atoms with van der Waals surface area (Å²) in [7, 11) is -3.25. The van der Waals surface area contributed by atoms with Crippen molar-refractivity contribution in [1.29, 1.82) is 0 Å². The third-order valence-electron chi connectivity index (χ3n) is 10.4. The number of thiophene rings is 1. The molecule has 0 aromatic carbocycles. The predicted molar refractivity (Wildman–Crippen MR) is 208 cm³/mol. The quantitative estimate of drug-likeness (QED) is 0.0570. The van der Waals surface area contributed by atoms with Crippen molar-refractivity contribution in [3.05, 3.63) is 6.07 Å². The molecular weight excluding hydrogens is 790 g/mol. The Morgan fingerprint density at radius 2 is 0.818 bits per heavy atom. The zero-order valence-electron chi connectivity index (χ0n) is 30.8. The maximum absolute atomic E-state index is 14.5. The minimum absolute atomic E-state index is 0.379. The van der Waals surface area contributed by atoms with Crippen molar-refractivity contribution in [1.82, 2.24) is 0 Å². The second-order valence-corrected chi connectivity index (χ2v) is 45.6. The molecule has 0 aliphatic carbocycles. The van der Waals surface area contributed by atoms with Crippen LogP contribution in [0.5, 0.6) is 0 Å². The molecule has 0 N–H and O–H groups in total. The third kappa shape index (κ3) is 14.8. The molecule has 0 fully saturated rings. The molecule has 1 aromatic heterocycles. The van der Waals surface area contributed by atoms with Crippen LogP contribution in [0.1, 0.15) is 177 Å². The van der Waals surface area contributed by atoms with Gasteiger partial charge in [-0.1, -0.05) is 6.92 Å². The molecule has 0 amide bonds. The van der Waals surface area contributed by atoms with Crippen molar-refractivity contribution in [2.24, 2.45) is 0 Å². The number of rotatable bonds is 30. The van der Waals surface area contributed by atoms with E-state index >= 15 is 0 Å². The Balaban J connectivity index is 3.71.